The molecule has 15 heavy (non-hydrogen) atoms. The third-order valence-corrected chi connectivity index (χ3v) is 2.71. The molecule has 0 bridgehead atoms. The number of hydrogen-bond donors (Lipinski definition) is 0. The van der Waals surface area contributed by atoms with E-state index >= 15 is 0 Å². The van der Waals surface area contributed by atoms with Gasteiger partial charge in [0.15, 0.2) is 0 Å². The predicted molar refractivity (Wildman–Crippen MR) is 59.1 cm³/mol. The van der Waals surface area contributed by atoms with Crippen molar-refractivity contribution >= 4 is 5.78 Å². The first-order chi connectivity index (χ1) is 7.24. The summed E-state index contributed by atoms with van der Waals surface area (Å²) in [6.07, 6.45) is 4.51. The normalized spacial score (nSPS) is 15.8. The van der Waals surface area contributed by atoms with Crippen molar-refractivity contribution in [2.24, 2.45) is 0 Å². The van der Waals surface area contributed by atoms with Gasteiger partial charge in [-0.3, -0.25) is 4.79 Å². The van der Waals surface area contributed by atoms with Gasteiger partial charge in [-0.25, -0.2) is 0 Å². The third-order valence-electron chi connectivity index (χ3n) is 2.71. The van der Waals surface area contributed by atoms with Gasteiger partial charge in [0.1, 0.15) is 11.5 Å². The lowest BCUT2D eigenvalue weighted by Crippen LogP contribution is -2.24. The number of rotatable bonds is 4. The van der Waals surface area contributed by atoms with Gasteiger partial charge in [-0.1, -0.05) is 12.1 Å². The summed E-state index contributed by atoms with van der Waals surface area (Å²) in [5.41, 5.74) is 1.04. The van der Waals surface area contributed by atoms with Crippen LogP contribution in [0.2, 0.25) is 0 Å². The minimum Gasteiger partial charge on any atom is -0.490 e. The van der Waals surface area contributed by atoms with E-state index in [2.05, 4.69) is 0 Å². The Hall–Kier alpha value is -1.31. The van der Waals surface area contributed by atoms with Crippen molar-refractivity contribution in [3.8, 4) is 5.75 Å². The van der Waals surface area contributed by atoms with E-state index in [1.165, 1.54) is 6.42 Å². The lowest BCUT2D eigenvalue weighted by Gasteiger charge is -2.26. The molecule has 0 aromatic heterocycles. The molecule has 0 unspecified atom stereocenters. The van der Waals surface area contributed by atoms with E-state index in [0.29, 0.717) is 12.5 Å². The zero-order chi connectivity index (χ0) is 10.7. The first-order valence-corrected chi connectivity index (χ1v) is 5.49. The van der Waals surface area contributed by atoms with Crippen LogP contribution < -0.4 is 4.74 Å². The van der Waals surface area contributed by atoms with Gasteiger partial charge in [-0.05, 0) is 43.9 Å². The van der Waals surface area contributed by atoms with Crippen LogP contribution in [0, 0.1) is 0 Å². The summed E-state index contributed by atoms with van der Waals surface area (Å²) in [6.45, 7) is 1.61. The Morgan fingerprint density at radius 3 is 2.87 bits per heavy atom. The van der Waals surface area contributed by atoms with Gasteiger partial charge in [0.2, 0.25) is 0 Å². The highest BCUT2D eigenvalue weighted by Crippen LogP contribution is 2.25. The van der Waals surface area contributed by atoms with Crippen molar-refractivity contribution < 1.29 is 9.53 Å². The van der Waals surface area contributed by atoms with Crippen molar-refractivity contribution in [3.63, 3.8) is 0 Å². The molecule has 2 heteroatoms. The van der Waals surface area contributed by atoms with Crippen LogP contribution in [0.3, 0.4) is 0 Å². The van der Waals surface area contributed by atoms with Crippen molar-refractivity contribution in [1.82, 2.24) is 0 Å². The smallest absolute Gasteiger partial charge is 0.134 e. The molecule has 0 atom stereocenters. The molecule has 1 fully saturated rings. The lowest BCUT2D eigenvalue weighted by atomic mass is 9.96. The van der Waals surface area contributed by atoms with Crippen molar-refractivity contribution in [3.05, 3.63) is 29.8 Å². The Morgan fingerprint density at radius 1 is 1.47 bits per heavy atom. The Kier molecular flexibility index (Phi) is 3.05. The third kappa shape index (κ3) is 2.82. The van der Waals surface area contributed by atoms with Crippen LogP contribution in [0.15, 0.2) is 24.3 Å². The fraction of sp³-hybridized carbons (Fsp3) is 0.462. The largest absolute Gasteiger partial charge is 0.490 e. The maximum atomic E-state index is 11.0. The zero-order valence-electron chi connectivity index (χ0n) is 9.03. The number of carbonyl (C=O) groups is 1. The van der Waals surface area contributed by atoms with Gasteiger partial charge in [-0.15, -0.1) is 0 Å². The number of hydrogen-bond acceptors (Lipinski definition) is 2. The molecule has 0 aliphatic heterocycles. The molecule has 0 N–H and O–H groups in total. The topological polar surface area (TPSA) is 26.3 Å². The molecule has 1 saturated carbocycles. The highest BCUT2D eigenvalue weighted by atomic mass is 16.5. The molecule has 1 aromatic rings. The van der Waals surface area contributed by atoms with Crippen LogP contribution in [0.1, 0.15) is 31.7 Å². The fourth-order valence-corrected chi connectivity index (χ4v) is 1.70. The Bertz CT molecular complexity index is 353. The summed E-state index contributed by atoms with van der Waals surface area (Å²) in [7, 11) is 0. The van der Waals surface area contributed by atoms with E-state index in [9.17, 15) is 4.79 Å². The summed E-state index contributed by atoms with van der Waals surface area (Å²) in [4.78, 5) is 11.0. The second-order valence-corrected chi connectivity index (χ2v) is 4.20. The maximum absolute atomic E-state index is 11.0. The number of Topliss-reactive ketones (excluding diaryl/α,β-unsaturated/α-hetero) is 1. The number of ether oxygens (including phenoxy) is 1. The monoisotopic (exact) mass is 204 g/mol. The second kappa shape index (κ2) is 4.47. The molecule has 0 saturated heterocycles. The van der Waals surface area contributed by atoms with Gasteiger partial charge in [0, 0.05) is 6.42 Å². The van der Waals surface area contributed by atoms with Crippen LogP contribution in [-0.2, 0) is 11.2 Å². The lowest BCUT2D eigenvalue weighted by molar-refractivity contribution is -0.116. The molecule has 2 rings (SSSR count). The highest BCUT2D eigenvalue weighted by Gasteiger charge is 2.18. The standard InChI is InChI=1S/C13H16O2/c1-10(14)8-11-4-2-7-13(9-11)15-12-5-3-6-12/h2,4,7,9,12H,3,5-6,8H2,1H3. The van der Waals surface area contributed by atoms with Crippen LogP contribution in [-0.4, -0.2) is 11.9 Å². The Labute approximate surface area is 90.3 Å². The molecule has 0 amide bonds. The molecule has 0 spiro atoms. The van der Waals surface area contributed by atoms with Crippen molar-refractivity contribution in [2.75, 3.05) is 0 Å². The number of benzene rings is 1. The summed E-state index contributed by atoms with van der Waals surface area (Å²) in [6, 6.07) is 7.85. The average molecular weight is 204 g/mol. The van der Waals surface area contributed by atoms with Crippen molar-refractivity contribution in [2.45, 2.75) is 38.7 Å². The predicted octanol–water partition coefficient (Wildman–Crippen LogP) is 2.75. The molecule has 1 aliphatic carbocycles. The Balaban J connectivity index is 2.00. The van der Waals surface area contributed by atoms with Crippen LogP contribution in [0.25, 0.3) is 0 Å². The molecule has 1 aliphatic rings. The quantitative estimate of drug-likeness (QED) is 0.753. The highest BCUT2D eigenvalue weighted by molar-refractivity contribution is 5.78. The van der Waals surface area contributed by atoms with Crippen LogP contribution >= 0.6 is 0 Å². The molecule has 0 heterocycles. The number of ketones is 1. The minimum atomic E-state index is 0.191. The molecular formula is C13H16O2. The summed E-state index contributed by atoms with van der Waals surface area (Å²) in [5.74, 6) is 1.09. The molecule has 0 radical (unpaired) electrons. The first kappa shape index (κ1) is 10.2. The fourth-order valence-electron chi connectivity index (χ4n) is 1.70. The summed E-state index contributed by atoms with van der Waals surface area (Å²) < 4.78 is 5.76. The van der Waals surface area contributed by atoms with Gasteiger partial charge >= 0.3 is 0 Å². The van der Waals surface area contributed by atoms with E-state index < -0.39 is 0 Å². The molecular weight excluding hydrogens is 188 g/mol. The zero-order valence-corrected chi connectivity index (χ0v) is 9.03. The molecule has 1 aromatic carbocycles. The van der Waals surface area contributed by atoms with Gasteiger partial charge in [0.25, 0.3) is 0 Å². The van der Waals surface area contributed by atoms with Gasteiger partial charge in [-0.2, -0.15) is 0 Å². The van der Waals surface area contributed by atoms with E-state index in [1.807, 2.05) is 24.3 Å². The first-order valence-electron chi connectivity index (χ1n) is 5.49. The van der Waals surface area contributed by atoms with Crippen LogP contribution in [0.4, 0.5) is 0 Å². The van der Waals surface area contributed by atoms with E-state index in [4.69, 9.17) is 4.74 Å². The van der Waals surface area contributed by atoms with Gasteiger partial charge in [0.05, 0.1) is 6.10 Å². The van der Waals surface area contributed by atoms with Crippen LogP contribution in [0.5, 0.6) is 5.75 Å². The maximum Gasteiger partial charge on any atom is 0.134 e. The van der Waals surface area contributed by atoms with Gasteiger partial charge < -0.3 is 4.74 Å². The van der Waals surface area contributed by atoms with E-state index in [-0.39, 0.29) is 5.78 Å². The minimum absolute atomic E-state index is 0.191. The van der Waals surface area contributed by atoms with Crippen molar-refractivity contribution in [1.29, 1.82) is 0 Å². The summed E-state index contributed by atoms with van der Waals surface area (Å²) >= 11 is 0. The average Bonchev–Trinajstić information content (AvgIpc) is 2.11. The Morgan fingerprint density at radius 2 is 2.27 bits per heavy atom. The molecule has 80 valence electrons. The van der Waals surface area contributed by atoms with E-state index in [1.54, 1.807) is 6.92 Å². The SMILES string of the molecule is CC(=O)Cc1cccc(OC2CCC2)c1. The number of carbonyl (C=O) groups excluding carboxylic acids is 1. The van der Waals surface area contributed by atoms with E-state index in [0.717, 1.165) is 24.2 Å². The summed E-state index contributed by atoms with van der Waals surface area (Å²) in [5, 5.41) is 0. The second-order valence-electron chi connectivity index (χ2n) is 4.20. The molecule has 2 nitrogen and oxygen atoms in total.